The van der Waals surface area contributed by atoms with Gasteiger partial charge >= 0.3 is 6.18 Å². The quantitative estimate of drug-likeness (QED) is 0.679. The molecule has 1 saturated carbocycles. The maximum absolute atomic E-state index is 14.1. The van der Waals surface area contributed by atoms with E-state index in [2.05, 4.69) is 11.6 Å². The lowest BCUT2D eigenvalue weighted by molar-refractivity contribution is -0.265. The third-order valence-electron chi connectivity index (χ3n) is 3.92. The van der Waals surface area contributed by atoms with Crippen molar-refractivity contribution >= 4 is 23.5 Å². The molecule has 0 aromatic heterocycles. The molecule has 0 spiro atoms. The van der Waals surface area contributed by atoms with Crippen LogP contribution in [0.5, 0.6) is 0 Å². The number of halogens is 4. The smallest absolute Gasteiger partial charge is 0.344 e. The molecule has 2 nitrogen and oxygen atoms in total. The average molecular weight is 342 g/mol. The predicted molar refractivity (Wildman–Crippen MR) is 84.3 cm³/mol. The van der Waals surface area contributed by atoms with Gasteiger partial charge in [0, 0.05) is 16.8 Å². The molecule has 122 valence electrons. The van der Waals surface area contributed by atoms with E-state index >= 15 is 0 Å². The van der Waals surface area contributed by atoms with Gasteiger partial charge in [-0.1, -0.05) is 23.8 Å². The number of alkyl halides is 3. The molecule has 6 heteroatoms. The molecule has 0 N–H and O–H groups in total. The van der Waals surface area contributed by atoms with Crippen LogP contribution in [0, 0.1) is 5.92 Å². The van der Waals surface area contributed by atoms with Crippen LogP contribution >= 0.6 is 11.6 Å². The topological polar surface area (TPSA) is 21.6 Å². The van der Waals surface area contributed by atoms with Crippen molar-refractivity contribution in [1.29, 1.82) is 0 Å². The Bertz CT molecular complexity index is 679. The second-order valence-corrected chi connectivity index (χ2v) is 6.12. The summed E-state index contributed by atoms with van der Waals surface area (Å²) in [5, 5.41) is 0.202. The zero-order valence-corrected chi connectivity index (χ0v) is 12.9. The maximum atomic E-state index is 14.1. The van der Waals surface area contributed by atoms with E-state index < -0.39 is 17.9 Å². The minimum Gasteiger partial charge on any atom is -0.344 e. The molecule has 3 rings (SSSR count). The maximum Gasteiger partial charge on any atom is 0.425 e. The third kappa shape index (κ3) is 3.08. The fourth-order valence-corrected chi connectivity index (χ4v) is 2.67. The van der Waals surface area contributed by atoms with Gasteiger partial charge in [-0.05, 0) is 43.0 Å². The van der Waals surface area contributed by atoms with Gasteiger partial charge in [-0.3, -0.25) is 4.99 Å². The molecule has 0 bridgehead atoms. The van der Waals surface area contributed by atoms with Crippen molar-refractivity contribution in [3.8, 4) is 0 Å². The lowest BCUT2D eigenvalue weighted by Crippen LogP contribution is -2.45. The molecule has 2 atom stereocenters. The molecule has 0 amide bonds. The van der Waals surface area contributed by atoms with Crippen LogP contribution in [0.15, 0.2) is 48.0 Å². The largest absolute Gasteiger partial charge is 0.425 e. The van der Waals surface area contributed by atoms with Gasteiger partial charge in [0.15, 0.2) is 0 Å². The summed E-state index contributed by atoms with van der Waals surface area (Å²) in [6, 6.07) is 4.25. The highest BCUT2D eigenvalue weighted by atomic mass is 35.5. The number of aliphatic imine (C=N–C) groups is 1. The Morgan fingerprint density at radius 1 is 1.35 bits per heavy atom. The fourth-order valence-electron chi connectivity index (χ4n) is 2.49. The summed E-state index contributed by atoms with van der Waals surface area (Å²) in [6.45, 7) is 3.53. The molecular weight excluding hydrogens is 327 g/mol. The minimum absolute atomic E-state index is 0.102. The van der Waals surface area contributed by atoms with E-state index in [4.69, 9.17) is 16.3 Å². The average Bonchev–Trinajstić information content (AvgIpc) is 3.30. The molecule has 1 fully saturated rings. The number of nitrogens with zero attached hydrogens (tertiary/aromatic N) is 1. The van der Waals surface area contributed by atoms with Crippen molar-refractivity contribution in [2.45, 2.75) is 30.7 Å². The molecule has 2 aliphatic rings. The number of hydrogen-bond acceptors (Lipinski definition) is 2. The highest BCUT2D eigenvalue weighted by Crippen LogP contribution is 2.50. The first-order valence-corrected chi connectivity index (χ1v) is 7.64. The summed E-state index contributed by atoms with van der Waals surface area (Å²) in [5.74, 6) is 0.173. The lowest BCUT2D eigenvalue weighted by Gasteiger charge is -2.34. The molecule has 1 aliphatic carbocycles. The van der Waals surface area contributed by atoms with Crippen molar-refractivity contribution < 1.29 is 17.9 Å². The van der Waals surface area contributed by atoms with E-state index in [1.165, 1.54) is 30.5 Å². The number of ether oxygens (including phenoxy) is 1. The van der Waals surface area contributed by atoms with Crippen LogP contribution < -0.4 is 0 Å². The number of rotatable bonds is 3. The summed E-state index contributed by atoms with van der Waals surface area (Å²) >= 11 is 5.93. The van der Waals surface area contributed by atoms with Gasteiger partial charge < -0.3 is 4.74 Å². The highest BCUT2D eigenvalue weighted by molar-refractivity contribution is 6.30. The van der Waals surface area contributed by atoms with E-state index in [0.29, 0.717) is 0 Å². The Kier molecular flexibility index (Phi) is 4.10. The van der Waals surface area contributed by atoms with Gasteiger partial charge in [-0.2, -0.15) is 13.2 Å². The van der Waals surface area contributed by atoms with Gasteiger partial charge in [0.2, 0.25) is 5.60 Å². The van der Waals surface area contributed by atoms with Crippen LogP contribution in [0.4, 0.5) is 18.9 Å². The molecule has 23 heavy (non-hydrogen) atoms. The second kappa shape index (κ2) is 5.80. The normalized spacial score (nSPS) is 27.7. The second-order valence-electron chi connectivity index (χ2n) is 5.69. The first-order chi connectivity index (χ1) is 10.9. The SMILES string of the molecule is C=CC1C=Nc2ccc(Cl)cc2C(C=CC2CC2)(C(F)(F)F)O1. The Hall–Kier alpha value is -1.59. The van der Waals surface area contributed by atoms with Crippen LogP contribution in [-0.4, -0.2) is 18.5 Å². The summed E-state index contributed by atoms with van der Waals surface area (Å²) < 4.78 is 47.6. The predicted octanol–water partition coefficient (Wildman–Crippen LogP) is 5.35. The van der Waals surface area contributed by atoms with Crippen LogP contribution in [0.25, 0.3) is 0 Å². The van der Waals surface area contributed by atoms with E-state index in [0.717, 1.165) is 18.9 Å². The minimum atomic E-state index is -4.66. The molecule has 2 unspecified atom stereocenters. The van der Waals surface area contributed by atoms with Crippen molar-refractivity contribution in [3.05, 3.63) is 53.6 Å². The van der Waals surface area contributed by atoms with Crippen molar-refractivity contribution in [1.82, 2.24) is 0 Å². The Balaban J connectivity index is 2.21. The number of fused-ring (bicyclic) bond motifs is 1. The molecule has 1 aromatic rings. The van der Waals surface area contributed by atoms with Crippen LogP contribution in [-0.2, 0) is 10.3 Å². The van der Waals surface area contributed by atoms with Crippen LogP contribution in [0.3, 0.4) is 0 Å². The van der Waals surface area contributed by atoms with Crippen LogP contribution in [0.1, 0.15) is 18.4 Å². The monoisotopic (exact) mass is 341 g/mol. The summed E-state index contributed by atoms with van der Waals surface area (Å²) in [6.07, 6.45) is 1.47. The van der Waals surface area contributed by atoms with E-state index in [-0.39, 0.29) is 22.2 Å². The third-order valence-corrected chi connectivity index (χ3v) is 4.15. The summed E-state index contributed by atoms with van der Waals surface area (Å²) in [4.78, 5) is 4.12. The zero-order valence-electron chi connectivity index (χ0n) is 12.2. The number of benzene rings is 1. The molecular formula is C17H15ClF3NO. The van der Waals surface area contributed by atoms with Gasteiger partial charge in [-0.25, -0.2) is 0 Å². The van der Waals surface area contributed by atoms with Crippen molar-refractivity contribution in [2.75, 3.05) is 0 Å². The number of hydrogen-bond donors (Lipinski definition) is 0. The summed E-state index contributed by atoms with van der Waals surface area (Å²) in [5.41, 5.74) is -2.50. The Morgan fingerprint density at radius 2 is 2.09 bits per heavy atom. The first-order valence-electron chi connectivity index (χ1n) is 7.26. The Morgan fingerprint density at radius 3 is 2.70 bits per heavy atom. The molecule has 1 aromatic carbocycles. The summed E-state index contributed by atoms with van der Waals surface area (Å²) in [7, 11) is 0. The van der Waals surface area contributed by atoms with Crippen LogP contribution in [0.2, 0.25) is 5.02 Å². The van der Waals surface area contributed by atoms with E-state index in [1.807, 2.05) is 0 Å². The van der Waals surface area contributed by atoms with E-state index in [1.54, 1.807) is 6.08 Å². The molecule has 1 heterocycles. The van der Waals surface area contributed by atoms with Crippen molar-refractivity contribution in [2.24, 2.45) is 10.9 Å². The standard InChI is InChI=1S/C17H15ClF3NO/c1-2-13-10-22-15-6-5-12(18)9-14(15)16(23-13,17(19,20)21)8-7-11-3-4-11/h2,5-11,13H,1,3-4H2. The molecule has 1 aliphatic heterocycles. The first kappa shape index (κ1) is 16.3. The molecule has 0 radical (unpaired) electrons. The zero-order chi connectivity index (χ0) is 16.7. The Labute approximate surface area is 137 Å². The van der Waals surface area contributed by atoms with Gasteiger partial charge in [-0.15, -0.1) is 6.58 Å². The van der Waals surface area contributed by atoms with Gasteiger partial charge in [0.05, 0.1) is 5.69 Å². The van der Waals surface area contributed by atoms with Crippen molar-refractivity contribution in [3.63, 3.8) is 0 Å². The van der Waals surface area contributed by atoms with Gasteiger partial charge in [0.25, 0.3) is 0 Å². The molecule has 0 saturated heterocycles. The highest BCUT2D eigenvalue weighted by Gasteiger charge is 2.58. The van der Waals surface area contributed by atoms with E-state index in [9.17, 15) is 13.2 Å². The lowest BCUT2D eigenvalue weighted by atomic mass is 9.90. The fraction of sp³-hybridized carbons (Fsp3) is 0.353. The number of allylic oxidation sites excluding steroid dienone is 1. The van der Waals surface area contributed by atoms with Gasteiger partial charge in [0.1, 0.15) is 6.10 Å².